The standard InChI is InChI=1S/C24H22O4/c1-17-14-15-19(16-18(17)2)22(25)28-24(23(26)27-3,20-10-6-4-7-11-20)21-12-8-5-9-13-21/h4-16H,1-3H3. The SMILES string of the molecule is COC(=O)C(OC(=O)c1ccc(C)c(C)c1)(c1ccccc1)c1ccccc1. The molecule has 0 atom stereocenters. The molecule has 0 radical (unpaired) electrons. The summed E-state index contributed by atoms with van der Waals surface area (Å²) in [5.41, 5.74) is 1.76. The molecule has 0 unspecified atom stereocenters. The Morgan fingerprint density at radius 3 is 1.75 bits per heavy atom. The van der Waals surface area contributed by atoms with E-state index in [1.165, 1.54) is 7.11 Å². The molecule has 0 aliphatic rings. The Hall–Kier alpha value is -3.40. The molecule has 0 aliphatic heterocycles. The monoisotopic (exact) mass is 374 g/mol. The minimum atomic E-state index is -1.70. The van der Waals surface area contributed by atoms with Crippen LogP contribution in [-0.4, -0.2) is 19.0 Å². The number of rotatable bonds is 5. The first kappa shape index (κ1) is 19.4. The van der Waals surface area contributed by atoms with Crippen LogP contribution in [0.3, 0.4) is 0 Å². The van der Waals surface area contributed by atoms with Gasteiger partial charge in [-0.05, 0) is 37.1 Å². The third kappa shape index (κ3) is 3.54. The molecule has 0 fully saturated rings. The van der Waals surface area contributed by atoms with Gasteiger partial charge in [-0.3, -0.25) is 0 Å². The van der Waals surface area contributed by atoms with Crippen molar-refractivity contribution in [2.45, 2.75) is 19.4 Å². The maximum atomic E-state index is 13.1. The summed E-state index contributed by atoms with van der Waals surface area (Å²) in [5, 5.41) is 0. The second-order valence-electron chi connectivity index (χ2n) is 6.59. The van der Waals surface area contributed by atoms with Crippen LogP contribution in [-0.2, 0) is 19.9 Å². The topological polar surface area (TPSA) is 52.6 Å². The Labute approximate surface area is 164 Å². The number of esters is 2. The first-order valence-corrected chi connectivity index (χ1v) is 8.99. The third-order valence-corrected chi connectivity index (χ3v) is 4.82. The zero-order valence-electron chi connectivity index (χ0n) is 16.1. The average Bonchev–Trinajstić information content (AvgIpc) is 2.74. The summed E-state index contributed by atoms with van der Waals surface area (Å²) in [6, 6.07) is 23.1. The summed E-state index contributed by atoms with van der Waals surface area (Å²) >= 11 is 0. The van der Waals surface area contributed by atoms with Crippen molar-refractivity contribution in [3.05, 3.63) is 107 Å². The molecule has 0 amide bonds. The molecule has 0 aromatic heterocycles. The molecule has 4 nitrogen and oxygen atoms in total. The minimum absolute atomic E-state index is 0.378. The number of aryl methyl sites for hydroxylation is 2. The molecule has 4 heteroatoms. The number of carbonyl (C=O) groups is 2. The summed E-state index contributed by atoms with van der Waals surface area (Å²) in [4.78, 5) is 26.1. The summed E-state index contributed by atoms with van der Waals surface area (Å²) in [6.45, 7) is 3.89. The molecular formula is C24H22O4. The molecule has 3 rings (SSSR count). The largest absolute Gasteiger partial charge is 0.466 e. The van der Waals surface area contributed by atoms with E-state index in [-0.39, 0.29) is 0 Å². The van der Waals surface area contributed by atoms with E-state index in [2.05, 4.69) is 0 Å². The van der Waals surface area contributed by atoms with Gasteiger partial charge in [-0.15, -0.1) is 0 Å². The van der Waals surface area contributed by atoms with Crippen LogP contribution < -0.4 is 0 Å². The summed E-state index contributed by atoms with van der Waals surface area (Å²) in [6.07, 6.45) is 0. The van der Waals surface area contributed by atoms with Gasteiger partial charge in [0.1, 0.15) is 0 Å². The lowest BCUT2D eigenvalue weighted by Gasteiger charge is -2.31. The van der Waals surface area contributed by atoms with Gasteiger partial charge < -0.3 is 9.47 Å². The van der Waals surface area contributed by atoms with Crippen molar-refractivity contribution in [1.29, 1.82) is 0 Å². The smallest absolute Gasteiger partial charge is 0.359 e. The van der Waals surface area contributed by atoms with E-state index in [0.717, 1.165) is 11.1 Å². The van der Waals surface area contributed by atoms with Crippen LogP contribution in [0.15, 0.2) is 78.9 Å². The Kier molecular flexibility index (Phi) is 5.59. The molecule has 142 valence electrons. The van der Waals surface area contributed by atoms with Crippen molar-refractivity contribution in [1.82, 2.24) is 0 Å². The van der Waals surface area contributed by atoms with Gasteiger partial charge in [-0.2, -0.15) is 0 Å². The van der Waals surface area contributed by atoms with Gasteiger partial charge in [0, 0.05) is 11.1 Å². The fourth-order valence-electron chi connectivity index (χ4n) is 3.12. The van der Waals surface area contributed by atoms with Crippen LogP contribution in [0.2, 0.25) is 0 Å². The van der Waals surface area contributed by atoms with Crippen molar-refractivity contribution in [2.75, 3.05) is 7.11 Å². The van der Waals surface area contributed by atoms with Crippen molar-refractivity contribution in [3.63, 3.8) is 0 Å². The normalized spacial score (nSPS) is 11.0. The fourth-order valence-corrected chi connectivity index (χ4v) is 3.12. The van der Waals surface area contributed by atoms with E-state index >= 15 is 0 Å². The summed E-state index contributed by atoms with van der Waals surface area (Å²) < 4.78 is 11.0. The van der Waals surface area contributed by atoms with Gasteiger partial charge in [0.05, 0.1) is 12.7 Å². The molecule has 0 bridgehead atoms. The maximum Gasteiger partial charge on any atom is 0.359 e. The number of hydrogen-bond acceptors (Lipinski definition) is 4. The Morgan fingerprint density at radius 1 is 0.750 bits per heavy atom. The van der Waals surface area contributed by atoms with Crippen LogP contribution in [0.4, 0.5) is 0 Å². The van der Waals surface area contributed by atoms with Gasteiger partial charge in [0.15, 0.2) is 0 Å². The van der Waals surface area contributed by atoms with Crippen molar-refractivity contribution < 1.29 is 19.1 Å². The molecule has 0 heterocycles. The lowest BCUT2D eigenvalue weighted by molar-refractivity contribution is -0.159. The molecule has 0 saturated carbocycles. The first-order valence-electron chi connectivity index (χ1n) is 8.99. The fraction of sp³-hybridized carbons (Fsp3) is 0.167. The number of hydrogen-bond donors (Lipinski definition) is 0. The minimum Gasteiger partial charge on any atom is -0.466 e. The van der Waals surface area contributed by atoms with Crippen molar-refractivity contribution in [3.8, 4) is 0 Å². The average molecular weight is 374 g/mol. The van der Waals surface area contributed by atoms with E-state index < -0.39 is 17.5 Å². The Bertz CT molecular complexity index is 939. The Morgan fingerprint density at radius 2 is 1.29 bits per heavy atom. The quantitative estimate of drug-likeness (QED) is 0.614. The highest BCUT2D eigenvalue weighted by Gasteiger charge is 2.47. The lowest BCUT2D eigenvalue weighted by atomic mass is 9.86. The number of benzene rings is 3. The summed E-state index contributed by atoms with van der Waals surface area (Å²) in [7, 11) is 1.28. The first-order chi connectivity index (χ1) is 13.5. The van der Waals surface area contributed by atoms with Gasteiger partial charge in [-0.1, -0.05) is 66.7 Å². The van der Waals surface area contributed by atoms with Gasteiger partial charge in [0.2, 0.25) is 0 Å². The molecule has 0 spiro atoms. The van der Waals surface area contributed by atoms with Crippen molar-refractivity contribution >= 4 is 11.9 Å². The summed E-state index contributed by atoms with van der Waals surface area (Å²) in [5.74, 6) is -1.26. The highest BCUT2D eigenvalue weighted by Crippen LogP contribution is 2.36. The van der Waals surface area contributed by atoms with E-state index in [1.54, 1.807) is 60.7 Å². The zero-order valence-corrected chi connectivity index (χ0v) is 16.1. The molecule has 28 heavy (non-hydrogen) atoms. The zero-order chi connectivity index (χ0) is 20.1. The van der Waals surface area contributed by atoms with Gasteiger partial charge >= 0.3 is 11.9 Å². The highest BCUT2D eigenvalue weighted by molar-refractivity contribution is 5.95. The van der Waals surface area contributed by atoms with Crippen molar-refractivity contribution in [2.24, 2.45) is 0 Å². The van der Waals surface area contributed by atoms with E-state index in [1.807, 2.05) is 32.0 Å². The molecule has 3 aromatic rings. The second kappa shape index (κ2) is 8.09. The number of ether oxygens (including phenoxy) is 2. The third-order valence-electron chi connectivity index (χ3n) is 4.82. The number of carbonyl (C=O) groups excluding carboxylic acids is 2. The molecule has 0 N–H and O–H groups in total. The maximum absolute atomic E-state index is 13.1. The van der Waals surface area contributed by atoms with E-state index in [4.69, 9.17) is 9.47 Å². The Balaban J connectivity index is 2.16. The van der Waals surface area contributed by atoms with Crippen LogP contribution in [0, 0.1) is 13.8 Å². The predicted molar refractivity (Wildman–Crippen MR) is 107 cm³/mol. The van der Waals surface area contributed by atoms with E-state index in [0.29, 0.717) is 16.7 Å². The molecule has 0 saturated heterocycles. The van der Waals surface area contributed by atoms with E-state index in [9.17, 15) is 9.59 Å². The van der Waals surface area contributed by atoms with Gasteiger partial charge in [0.25, 0.3) is 5.60 Å². The predicted octanol–water partition coefficient (Wildman–Crippen LogP) is 4.58. The van der Waals surface area contributed by atoms with Crippen LogP contribution in [0.25, 0.3) is 0 Å². The van der Waals surface area contributed by atoms with Crippen LogP contribution >= 0.6 is 0 Å². The van der Waals surface area contributed by atoms with Gasteiger partial charge in [-0.25, -0.2) is 9.59 Å². The lowest BCUT2D eigenvalue weighted by Crippen LogP contribution is -2.42. The molecular weight excluding hydrogens is 352 g/mol. The van der Waals surface area contributed by atoms with Crippen LogP contribution in [0.5, 0.6) is 0 Å². The number of methoxy groups -OCH3 is 1. The second-order valence-corrected chi connectivity index (χ2v) is 6.59. The van der Waals surface area contributed by atoms with Crippen LogP contribution in [0.1, 0.15) is 32.6 Å². The molecule has 0 aliphatic carbocycles. The molecule has 3 aromatic carbocycles. The highest BCUT2D eigenvalue weighted by atomic mass is 16.6.